The van der Waals surface area contributed by atoms with Crippen molar-refractivity contribution >= 4 is 11.5 Å². The fourth-order valence-corrected chi connectivity index (χ4v) is 3.28. The zero-order chi connectivity index (χ0) is 19.9. The number of benzene rings is 1. The normalized spacial score (nSPS) is 15.6. The van der Waals surface area contributed by atoms with Crippen LogP contribution in [0.2, 0.25) is 0 Å². The second-order valence-corrected chi connectivity index (χ2v) is 6.29. The molecule has 28 heavy (non-hydrogen) atoms. The van der Waals surface area contributed by atoms with Crippen LogP contribution in [0.3, 0.4) is 0 Å². The smallest absolute Gasteiger partial charge is 0.311 e. The van der Waals surface area contributed by atoms with Crippen LogP contribution in [0.4, 0.5) is 11.5 Å². The number of nitrogens with one attached hydrogen (secondary N) is 1. The Morgan fingerprint density at radius 1 is 1.25 bits per heavy atom. The van der Waals surface area contributed by atoms with Crippen LogP contribution in [0.15, 0.2) is 36.5 Å². The number of ether oxygens (including phenoxy) is 3. The lowest BCUT2D eigenvalue weighted by atomic mass is 10.0. The van der Waals surface area contributed by atoms with Crippen LogP contribution in [-0.2, 0) is 4.74 Å². The summed E-state index contributed by atoms with van der Waals surface area (Å²) in [6, 6.07) is 8.74. The highest BCUT2D eigenvalue weighted by Crippen LogP contribution is 2.33. The van der Waals surface area contributed by atoms with Crippen LogP contribution in [-0.4, -0.2) is 61.9 Å². The van der Waals surface area contributed by atoms with Crippen LogP contribution in [0.5, 0.6) is 11.5 Å². The van der Waals surface area contributed by atoms with Gasteiger partial charge in [-0.2, -0.15) is 0 Å². The van der Waals surface area contributed by atoms with Crippen molar-refractivity contribution in [3.05, 3.63) is 52.2 Å². The number of morpholine rings is 1. The molecule has 3 rings (SSSR count). The minimum Gasteiger partial charge on any atom is -0.493 e. The molecule has 1 fully saturated rings. The third kappa shape index (κ3) is 4.49. The van der Waals surface area contributed by atoms with Gasteiger partial charge in [-0.15, -0.1) is 0 Å². The van der Waals surface area contributed by atoms with Gasteiger partial charge in [0.15, 0.2) is 11.5 Å². The Morgan fingerprint density at radius 2 is 2.00 bits per heavy atom. The van der Waals surface area contributed by atoms with Gasteiger partial charge in [0.1, 0.15) is 0 Å². The molecule has 1 aliphatic rings. The van der Waals surface area contributed by atoms with Crippen molar-refractivity contribution in [2.45, 2.75) is 6.04 Å². The zero-order valence-corrected chi connectivity index (χ0v) is 16.0. The summed E-state index contributed by atoms with van der Waals surface area (Å²) in [5, 5.41) is 14.4. The molecule has 1 N–H and O–H groups in total. The summed E-state index contributed by atoms with van der Waals surface area (Å²) < 4.78 is 16.2. The summed E-state index contributed by atoms with van der Waals surface area (Å²) in [5.41, 5.74) is 0.973. The average molecular weight is 388 g/mol. The summed E-state index contributed by atoms with van der Waals surface area (Å²) in [6.45, 7) is 3.28. The molecule has 1 saturated heterocycles. The Hall–Kier alpha value is -2.91. The van der Waals surface area contributed by atoms with E-state index in [0.717, 1.165) is 18.7 Å². The lowest BCUT2D eigenvalue weighted by Crippen LogP contribution is -2.41. The number of anilines is 1. The van der Waals surface area contributed by atoms with Gasteiger partial charge in [-0.05, 0) is 23.8 Å². The number of methoxy groups -OCH3 is 2. The van der Waals surface area contributed by atoms with E-state index in [2.05, 4.69) is 15.2 Å². The van der Waals surface area contributed by atoms with Gasteiger partial charge in [0.2, 0.25) is 5.82 Å². The Labute approximate surface area is 163 Å². The highest BCUT2D eigenvalue weighted by atomic mass is 16.6. The summed E-state index contributed by atoms with van der Waals surface area (Å²) >= 11 is 0. The molecule has 2 aromatic rings. The molecule has 0 aliphatic carbocycles. The second-order valence-electron chi connectivity index (χ2n) is 6.29. The molecule has 0 radical (unpaired) electrons. The van der Waals surface area contributed by atoms with Crippen LogP contribution >= 0.6 is 0 Å². The SMILES string of the molecule is COc1ccc(C(CNc2ncccc2[N+](=O)[O-])N2CCOCC2)cc1OC. The predicted molar refractivity (Wildman–Crippen MR) is 104 cm³/mol. The number of hydrogen-bond acceptors (Lipinski definition) is 8. The first-order chi connectivity index (χ1) is 13.6. The molecular weight excluding hydrogens is 364 g/mol. The maximum Gasteiger partial charge on any atom is 0.311 e. The highest BCUT2D eigenvalue weighted by Gasteiger charge is 2.25. The molecule has 1 atom stereocenters. The predicted octanol–water partition coefficient (Wildman–Crippen LogP) is 2.49. The molecule has 0 spiro atoms. The number of rotatable bonds is 8. The van der Waals surface area contributed by atoms with Crippen molar-refractivity contribution in [2.24, 2.45) is 0 Å². The standard InChI is InChI=1S/C19H24N4O5/c1-26-17-6-5-14(12-18(17)27-2)16(22-8-10-28-11-9-22)13-21-19-15(23(24)25)4-3-7-20-19/h3-7,12,16H,8-11,13H2,1-2H3,(H,20,21). The van der Waals surface area contributed by atoms with Crippen molar-refractivity contribution < 1.29 is 19.1 Å². The molecule has 1 aliphatic heterocycles. The van der Waals surface area contributed by atoms with Crippen molar-refractivity contribution in [3.63, 3.8) is 0 Å². The topological polar surface area (TPSA) is 99.0 Å². The average Bonchev–Trinajstić information content (AvgIpc) is 2.74. The van der Waals surface area contributed by atoms with Crippen LogP contribution in [0.1, 0.15) is 11.6 Å². The monoisotopic (exact) mass is 388 g/mol. The molecule has 0 bridgehead atoms. The number of nitrogens with zero attached hydrogens (tertiary/aromatic N) is 3. The summed E-state index contributed by atoms with van der Waals surface area (Å²) in [7, 11) is 3.19. The minimum absolute atomic E-state index is 0.0367. The van der Waals surface area contributed by atoms with E-state index in [1.165, 1.54) is 12.3 Å². The van der Waals surface area contributed by atoms with Gasteiger partial charge in [-0.3, -0.25) is 15.0 Å². The van der Waals surface area contributed by atoms with Crippen LogP contribution < -0.4 is 14.8 Å². The van der Waals surface area contributed by atoms with Gasteiger partial charge in [0.25, 0.3) is 0 Å². The third-order valence-electron chi connectivity index (χ3n) is 4.72. The Bertz CT molecular complexity index is 811. The van der Waals surface area contributed by atoms with E-state index >= 15 is 0 Å². The van der Waals surface area contributed by atoms with Crippen LogP contribution in [0.25, 0.3) is 0 Å². The number of nitro groups is 1. The molecule has 0 amide bonds. The fourth-order valence-electron chi connectivity index (χ4n) is 3.28. The lowest BCUT2D eigenvalue weighted by Gasteiger charge is -2.35. The number of aromatic nitrogens is 1. The fraction of sp³-hybridized carbons (Fsp3) is 0.421. The number of hydrogen-bond donors (Lipinski definition) is 1. The van der Waals surface area contributed by atoms with Gasteiger partial charge in [-0.25, -0.2) is 4.98 Å². The maximum absolute atomic E-state index is 11.3. The van der Waals surface area contributed by atoms with E-state index < -0.39 is 4.92 Å². The Balaban J connectivity index is 1.87. The summed E-state index contributed by atoms with van der Waals surface area (Å²) in [5.74, 6) is 1.55. The first-order valence-electron chi connectivity index (χ1n) is 9.01. The molecule has 1 aromatic heterocycles. The molecule has 2 heterocycles. The molecule has 9 nitrogen and oxygen atoms in total. The maximum atomic E-state index is 11.3. The van der Waals surface area contributed by atoms with Gasteiger partial charge >= 0.3 is 5.69 Å². The molecule has 150 valence electrons. The molecule has 1 aromatic carbocycles. The van der Waals surface area contributed by atoms with Crippen molar-refractivity contribution in [1.29, 1.82) is 0 Å². The third-order valence-corrected chi connectivity index (χ3v) is 4.72. The molecule has 9 heteroatoms. The van der Waals surface area contributed by atoms with Gasteiger partial charge in [-0.1, -0.05) is 6.07 Å². The van der Waals surface area contributed by atoms with E-state index in [1.807, 2.05) is 18.2 Å². The first-order valence-corrected chi connectivity index (χ1v) is 9.01. The lowest BCUT2D eigenvalue weighted by molar-refractivity contribution is -0.384. The molecule has 1 unspecified atom stereocenters. The van der Waals surface area contributed by atoms with Gasteiger partial charge in [0.05, 0.1) is 38.4 Å². The second kappa shape index (κ2) is 9.34. The Kier molecular flexibility index (Phi) is 6.62. The van der Waals surface area contributed by atoms with E-state index in [0.29, 0.717) is 31.3 Å². The summed E-state index contributed by atoms with van der Waals surface area (Å²) in [4.78, 5) is 17.2. The first kappa shape index (κ1) is 19.8. The van der Waals surface area contributed by atoms with Crippen LogP contribution in [0, 0.1) is 10.1 Å². The largest absolute Gasteiger partial charge is 0.493 e. The quantitative estimate of drug-likeness (QED) is 0.544. The van der Waals surface area contributed by atoms with Gasteiger partial charge < -0.3 is 19.5 Å². The zero-order valence-electron chi connectivity index (χ0n) is 16.0. The van der Waals surface area contributed by atoms with Crippen molar-refractivity contribution in [1.82, 2.24) is 9.88 Å². The van der Waals surface area contributed by atoms with E-state index in [9.17, 15) is 10.1 Å². The van der Waals surface area contributed by atoms with Crippen molar-refractivity contribution in [3.8, 4) is 11.5 Å². The van der Waals surface area contributed by atoms with E-state index in [4.69, 9.17) is 14.2 Å². The minimum atomic E-state index is -0.435. The van der Waals surface area contributed by atoms with Gasteiger partial charge in [0, 0.05) is 31.9 Å². The number of pyridine rings is 1. The molecule has 0 saturated carbocycles. The highest BCUT2D eigenvalue weighted by molar-refractivity contribution is 5.55. The summed E-state index contributed by atoms with van der Waals surface area (Å²) in [6.07, 6.45) is 1.54. The van der Waals surface area contributed by atoms with E-state index in [-0.39, 0.29) is 17.5 Å². The van der Waals surface area contributed by atoms with Crippen molar-refractivity contribution in [2.75, 3.05) is 52.4 Å². The van der Waals surface area contributed by atoms with E-state index in [1.54, 1.807) is 20.3 Å². The molecular formula is C19H24N4O5. The Morgan fingerprint density at radius 3 is 2.68 bits per heavy atom.